The highest BCUT2D eigenvalue weighted by Crippen LogP contribution is 2.21. The third-order valence-electron chi connectivity index (χ3n) is 19.5. The zero-order chi connectivity index (χ0) is 90.7. The van der Waals surface area contributed by atoms with Crippen molar-refractivity contribution < 1.29 is 107 Å². The maximum absolute atomic E-state index is 15.3. The van der Waals surface area contributed by atoms with Gasteiger partial charge in [-0.1, -0.05) is 86.6 Å². The number of carboxylic acids is 1. The summed E-state index contributed by atoms with van der Waals surface area (Å²) in [4.78, 5) is 233. The predicted molar refractivity (Wildman–Crippen MR) is 440 cm³/mol. The van der Waals surface area contributed by atoms with Gasteiger partial charge in [-0.05, 0) is 124 Å². The minimum absolute atomic E-state index is 0.0533. The smallest absolute Gasteiger partial charge is 0.303 e. The number of aliphatic carboxylic acids is 1. The number of phenols is 1. The van der Waals surface area contributed by atoms with Crippen molar-refractivity contribution in [1.82, 2.24) is 84.1 Å². The van der Waals surface area contributed by atoms with E-state index in [1.54, 1.807) is 74.6 Å². The number of fused-ring (bicyclic) bond motifs is 1. The maximum atomic E-state index is 15.3. The van der Waals surface area contributed by atoms with E-state index in [1.807, 2.05) is 0 Å². The van der Waals surface area contributed by atoms with Crippen molar-refractivity contribution in [3.8, 4) is 5.75 Å². The Hall–Kier alpha value is -13.3. The number of aromatic amines is 2. The molecule has 15 atom stereocenters. The molecule has 0 spiro atoms. The van der Waals surface area contributed by atoms with Gasteiger partial charge in [0.25, 0.3) is 0 Å². The molecule has 0 unspecified atom stereocenters. The summed E-state index contributed by atoms with van der Waals surface area (Å²) in [5, 5.41) is 84.9. The van der Waals surface area contributed by atoms with Crippen LogP contribution in [0, 0.1) is 11.7 Å². The van der Waals surface area contributed by atoms with E-state index in [-0.39, 0.29) is 55.2 Å². The van der Waals surface area contributed by atoms with Crippen LogP contribution in [0.5, 0.6) is 5.75 Å². The van der Waals surface area contributed by atoms with Gasteiger partial charge in [0.05, 0.1) is 30.8 Å². The second-order valence-corrected chi connectivity index (χ2v) is 30.1. The summed E-state index contributed by atoms with van der Waals surface area (Å²) < 4.78 is 14.3. The highest BCUT2D eigenvalue weighted by molar-refractivity contribution is 6.01. The van der Waals surface area contributed by atoms with Gasteiger partial charge in [-0.25, -0.2) is 9.37 Å². The minimum Gasteiger partial charge on any atom is -0.508 e. The topological polar surface area (TPSA) is 653 Å². The lowest BCUT2D eigenvalue weighted by Gasteiger charge is -2.29. The molecule has 41 heteroatoms. The number of carbonyl (C=O) groups excluding carboxylic acids is 15. The Morgan fingerprint density at radius 2 is 0.878 bits per heavy atom. The summed E-state index contributed by atoms with van der Waals surface area (Å²) in [5.74, 6) is -18.2. The number of unbranched alkanes of at least 4 members (excludes halogenated alkanes) is 1. The number of phenolic OH excluding ortho intramolecular Hbond substituents is 1. The number of hydrogen-bond donors (Lipinski definition) is 23. The third kappa shape index (κ3) is 32.7. The second-order valence-electron chi connectivity index (χ2n) is 30.1. The lowest BCUT2D eigenvalue weighted by Crippen LogP contribution is -2.62. The Labute approximate surface area is 706 Å². The standard InChI is InChI=1S/C82H110FN19O21/c1-42(2)32-59(91-46(6)106)78(119)101-68(44(4)104)81(122)99-61(33-47-14-8-7-9-15-47)75(116)94-58(28-30-67(109)110)73(114)98-64(37-52-39-87-41-89-52)77(118)96-60(35-49-21-25-53(107)26-22-49)76(117)97-63(36-50-38-88-55-17-11-10-16-54(50)55)74(115)90-43(3)71(112)93-57(27-29-66(85)108)72(113)95-62(34-48-19-23-51(83)24-20-48)79(120)102-69(45(5)105)82(123)100-65(40-103)80(121)92-56(70(86)111)18-12-13-31-84/h7-11,14-17,19-26,38-39,41-45,56-65,68-69,88,103-105,107H,12-13,18,27-37,40,84H2,1-6H3,(H2,85,108)(H2,86,111)(H,87,89)(H,90,115)(H,91,106)(H,92,121)(H,93,112)(H,94,116)(H,95,113)(H,96,118)(H,97,117)(H,98,114)(H,99,122)(H,100,123)(H,101,119)(H,102,120)(H,109,110)/t43-,44+,45+,56-,57-,58-,59-,60-,61-,62-,63-,64-,65-,68-,69-/m0/s1. The van der Waals surface area contributed by atoms with Crippen LogP contribution in [-0.4, -0.2) is 239 Å². The number of aromatic nitrogens is 3. The quantitative estimate of drug-likeness (QED) is 0.0163. The number of primary amides is 2. The number of carbonyl (C=O) groups is 16. The Morgan fingerprint density at radius 1 is 0.447 bits per heavy atom. The Kier molecular flexibility index (Phi) is 39.1. The molecule has 2 aromatic heterocycles. The number of aliphatic hydroxyl groups is 3. The number of carboxylic acid groups (broad SMARTS) is 1. The monoisotopic (exact) mass is 1720 g/mol. The first kappa shape index (κ1) is 98.5. The molecule has 123 heavy (non-hydrogen) atoms. The summed E-state index contributed by atoms with van der Waals surface area (Å²) in [7, 11) is 0. The Bertz CT molecular complexity index is 4610. The van der Waals surface area contributed by atoms with Crippen LogP contribution >= 0.6 is 0 Å². The number of aliphatic hydroxyl groups excluding tert-OH is 3. The highest BCUT2D eigenvalue weighted by Gasteiger charge is 2.40. The summed E-state index contributed by atoms with van der Waals surface area (Å²) in [6.07, 6.45) is -2.76. The molecule has 666 valence electrons. The molecule has 0 aliphatic heterocycles. The van der Waals surface area contributed by atoms with Gasteiger partial charge in [0.1, 0.15) is 90.1 Å². The molecule has 0 fully saturated rings. The van der Waals surface area contributed by atoms with Gasteiger partial charge < -0.3 is 122 Å². The summed E-state index contributed by atoms with van der Waals surface area (Å²) in [5.41, 5.74) is 18.7. The van der Waals surface area contributed by atoms with Crippen molar-refractivity contribution in [2.75, 3.05) is 13.2 Å². The number of para-hydroxylation sites is 1. The number of imidazole rings is 1. The molecule has 40 nitrogen and oxygen atoms in total. The van der Waals surface area contributed by atoms with Gasteiger partial charge in [-0.15, -0.1) is 0 Å². The SMILES string of the molecule is CC(=O)N[C@@H](CC(C)C)C(=O)N[C@H](C(=O)N[C@@H](Cc1ccccc1)C(=O)N[C@@H](CCC(=O)O)C(=O)N[C@@H](Cc1c[nH]cn1)C(=O)N[C@@H](Cc1ccc(O)cc1)C(=O)N[C@@H](Cc1c[nH]c2ccccc12)C(=O)N[C@@H](C)C(=O)N[C@@H](CCC(N)=O)C(=O)N[C@@H](Cc1ccc(F)cc1)C(=O)N[C@H](C(=O)N[C@@H](CO)C(=O)N[C@@H](CCCCN)C(N)=O)[C@@H](C)O)[C@@H](C)O. The largest absolute Gasteiger partial charge is 0.508 e. The van der Waals surface area contributed by atoms with Crippen molar-refractivity contribution >= 4 is 105 Å². The van der Waals surface area contributed by atoms with Crippen LogP contribution in [0.4, 0.5) is 4.39 Å². The van der Waals surface area contributed by atoms with Gasteiger partial charge in [-0.2, -0.15) is 0 Å². The van der Waals surface area contributed by atoms with Crippen LogP contribution in [0.2, 0.25) is 0 Å². The fourth-order valence-corrected chi connectivity index (χ4v) is 12.9. The second kappa shape index (κ2) is 48.8. The normalized spacial score (nSPS) is 14.9. The van der Waals surface area contributed by atoms with Crippen molar-refractivity contribution in [1.29, 1.82) is 0 Å². The van der Waals surface area contributed by atoms with E-state index in [9.17, 15) is 92.3 Å². The van der Waals surface area contributed by atoms with Crippen LogP contribution in [0.25, 0.3) is 10.9 Å². The predicted octanol–water partition coefficient (Wildman–Crippen LogP) is -3.86. The van der Waals surface area contributed by atoms with Crippen molar-refractivity contribution in [3.63, 3.8) is 0 Å². The first-order valence-electron chi connectivity index (χ1n) is 39.8. The maximum Gasteiger partial charge on any atom is 0.303 e. The van der Waals surface area contributed by atoms with Gasteiger partial charge in [-0.3, -0.25) is 76.7 Å². The van der Waals surface area contributed by atoms with Gasteiger partial charge >= 0.3 is 5.97 Å². The van der Waals surface area contributed by atoms with E-state index < -0.39 is 243 Å². The van der Waals surface area contributed by atoms with E-state index >= 15 is 14.4 Å². The molecule has 2 heterocycles. The Morgan fingerprint density at radius 3 is 1.37 bits per heavy atom. The lowest BCUT2D eigenvalue weighted by molar-refractivity contribution is -0.139. The number of amides is 15. The number of benzene rings is 4. The number of nitrogens with two attached hydrogens (primary N) is 3. The Balaban J connectivity index is 1.29. The number of halogens is 1. The number of rotatable bonds is 51. The van der Waals surface area contributed by atoms with Crippen molar-refractivity contribution in [3.05, 3.63) is 156 Å². The van der Waals surface area contributed by atoms with Crippen LogP contribution in [-0.2, 0) is 109 Å². The third-order valence-corrected chi connectivity index (χ3v) is 19.5. The molecule has 0 saturated heterocycles. The molecule has 0 saturated carbocycles. The fraction of sp³-hybridized carbons (Fsp3) is 0.451. The van der Waals surface area contributed by atoms with Crippen LogP contribution in [0.1, 0.15) is 121 Å². The van der Waals surface area contributed by atoms with Crippen molar-refractivity contribution in [2.24, 2.45) is 23.1 Å². The summed E-state index contributed by atoms with van der Waals surface area (Å²) in [6, 6.07) is 3.16. The van der Waals surface area contributed by atoms with Crippen molar-refractivity contribution in [2.45, 2.75) is 216 Å². The molecule has 0 aliphatic carbocycles. The molecule has 4 aromatic carbocycles. The van der Waals surface area contributed by atoms with E-state index in [2.05, 4.69) is 84.1 Å². The molecule has 6 aromatic rings. The molecular weight excluding hydrogens is 1610 g/mol. The zero-order valence-electron chi connectivity index (χ0n) is 68.7. The summed E-state index contributed by atoms with van der Waals surface area (Å²) >= 11 is 0. The van der Waals surface area contributed by atoms with E-state index in [0.717, 1.165) is 19.1 Å². The average Bonchev–Trinajstić information content (AvgIpc) is 1.74. The van der Waals surface area contributed by atoms with E-state index in [4.69, 9.17) is 17.2 Å². The number of nitrogens with one attached hydrogen (secondary N) is 15. The first-order valence-corrected chi connectivity index (χ1v) is 39.8. The highest BCUT2D eigenvalue weighted by atomic mass is 19.1. The number of H-pyrrole nitrogens is 2. The van der Waals surface area contributed by atoms with Gasteiger partial charge in [0.2, 0.25) is 88.6 Å². The molecule has 0 bridgehead atoms. The van der Waals surface area contributed by atoms with Gasteiger partial charge in [0.15, 0.2) is 0 Å². The van der Waals surface area contributed by atoms with Gasteiger partial charge in [0, 0.05) is 75.2 Å². The summed E-state index contributed by atoms with van der Waals surface area (Å²) in [6.45, 7) is 7.41. The molecule has 0 aliphatic rings. The molecule has 26 N–H and O–H groups in total. The minimum atomic E-state index is -1.95. The first-order chi connectivity index (χ1) is 58.3. The molecule has 15 amide bonds. The lowest BCUT2D eigenvalue weighted by atomic mass is 10.0. The number of aromatic hydroxyl groups is 1. The van der Waals surface area contributed by atoms with E-state index in [0.29, 0.717) is 40.4 Å². The van der Waals surface area contributed by atoms with Crippen LogP contribution in [0.3, 0.4) is 0 Å². The van der Waals surface area contributed by atoms with Crippen LogP contribution in [0.15, 0.2) is 122 Å². The average molecular weight is 1720 g/mol. The molecule has 6 rings (SSSR count). The number of nitrogens with zero attached hydrogens (tertiary/aromatic N) is 1. The number of hydrogen-bond acceptors (Lipinski definition) is 22. The molecular formula is C82H110FN19O21. The van der Waals surface area contributed by atoms with Crippen LogP contribution < -0.4 is 86.3 Å². The van der Waals surface area contributed by atoms with E-state index in [1.165, 1.54) is 69.7 Å². The fourth-order valence-electron chi connectivity index (χ4n) is 12.9. The molecule has 0 radical (unpaired) electrons. The zero-order valence-corrected chi connectivity index (χ0v) is 68.7.